The Morgan fingerprint density at radius 1 is 0.912 bits per heavy atom. The minimum absolute atomic E-state index is 0. The van der Waals surface area contributed by atoms with Gasteiger partial charge in [-0.15, -0.1) is 12.4 Å². The maximum atomic E-state index is 13.9. The van der Waals surface area contributed by atoms with Crippen LogP contribution in [0, 0.1) is 17.5 Å². The van der Waals surface area contributed by atoms with Gasteiger partial charge in [0.15, 0.2) is 23.1 Å². The second kappa shape index (κ2) is 11.0. The third-order valence-electron chi connectivity index (χ3n) is 5.76. The molecular weight excluding hydrogens is 475 g/mol. The van der Waals surface area contributed by atoms with Crippen molar-refractivity contribution in [2.24, 2.45) is 5.73 Å². The first-order valence-corrected chi connectivity index (χ1v) is 10.7. The molecule has 184 valence electrons. The van der Waals surface area contributed by atoms with E-state index in [0.717, 1.165) is 6.07 Å². The van der Waals surface area contributed by atoms with E-state index in [1.807, 2.05) is 0 Å². The number of rotatable bonds is 5. The summed E-state index contributed by atoms with van der Waals surface area (Å²) in [5, 5.41) is 0. The molecule has 0 aromatic heterocycles. The molecule has 2 aliphatic rings. The van der Waals surface area contributed by atoms with Gasteiger partial charge < -0.3 is 25.0 Å². The lowest BCUT2D eigenvalue weighted by Crippen LogP contribution is -2.40. The molecule has 1 fully saturated rings. The van der Waals surface area contributed by atoms with Gasteiger partial charge in [0.2, 0.25) is 12.7 Å². The Morgan fingerprint density at radius 3 is 2.38 bits per heavy atom. The summed E-state index contributed by atoms with van der Waals surface area (Å²) >= 11 is 0. The Hall–Kier alpha value is -2.98. The first-order chi connectivity index (χ1) is 15.8. The van der Waals surface area contributed by atoms with E-state index in [2.05, 4.69) is 0 Å². The van der Waals surface area contributed by atoms with Gasteiger partial charge in [0, 0.05) is 50.3 Å². The monoisotopic (exact) mass is 499 g/mol. The van der Waals surface area contributed by atoms with Crippen molar-refractivity contribution >= 4 is 24.2 Å². The first-order valence-electron chi connectivity index (χ1n) is 10.7. The second-order valence-corrected chi connectivity index (χ2v) is 8.12. The summed E-state index contributed by atoms with van der Waals surface area (Å²) in [5.74, 6) is -2.60. The largest absolute Gasteiger partial charge is 0.454 e. The molecule has 0 aliphatic carbocycles. The predicted octanol–water partition coefficient (Wildman–Crippen LogP) is 2.89. The van der Waals surface area contributed by atoms with Crippen molar-refractivity contribution in [1.29, 1.82) is 0 Å². The van der Waals surface area contributed by atoms with Crippen LogP contribution >= 0.6 is 12.4 Å². The van der Waals surface area contributed by atoms with Crippen LogP contribution in [0.25, 0.3) is 0 Å². The molecule has 11 heteroatoms. The fraction of sp³-hybridized carbons (Fsp3) is 0.391. The number of halogens is 4. The third-order valence-corrected chi connectivity index (χ3v) is 5.76. The van der Waals surface area contributed by atoms with Crippen LogP contribution in [0.1, 0.15) is 28.8 Å². The molecule has 4 rings (SSSR count). The van der Waals surface area contributed by atoms with Crippen molar-refractivity contribution < 1.29 is 32.2 Å². The van der Waals surface area contributed by atoms with Gasteiger partial charge in [-0.25, -0.2) is 13.2 Å². The molecule has 2 heterocycles. The summed E-state index contributed by atoms with van der Waals surface area (Å²) in [6.07, 6.45) is 0.418. The van der Waals surface area contributed by atoms with Crippen LogP contribution in [0.3, 0.4) is 0 Å². The minimum Gasteiger partial charge on any atom is -0.454 e. The number of carbonyl (C=O) groups is 2. The molecule has 1 atom stereocenters. The van der Waals surface area contributed by atoms with Crippen LogP contribution in [-0.4, -0.2) is 60.6 Å². The van der Waals surface area contributed by atoms with E-state index < -0.39 is 23.5 Å². The molecule has 0 unspecified atom stereocenters. The van der Waals surface area contributed by atoms with Crippen molar-refractivity contribution in [1.82, 2.24) is 9.80 Å². The zero-order valence-electron chi connectivity index (χ0n) is 18.3. The lowest BCUT2D eigenvalue weighted by atomic mass is 10.0. The molecular formula is C23H25ClF3N3O4. The van der Waals surface area contributed by atoms with Crippen molar-refractivity contribution in [2.75, 3.05) is 33.0 Å². The minimum atomic E-state index is -1.27. The van der Waals surface area contributed by atoms with Gasteiger partial charge in [0.25, 0.3) is 5.91 Å². The zero-order chi connectivity index (χ0) is 23.5. The maximum absolute atomic E-state index is 13.9. The quantitative estimate of drug-likeness (QED) is 0.639. The van der Waals surface area contributed by atoms with E-state index in [4.69, 9.17) is 15.2 Å². The van der Waals surface area contributed by atoms with Gasteiger partial charge >= 0.3 is 0 Å². The van der Waals surface area contributed by atoms with Crippen LogP contribution in [0.2, 0.25) is 0 Å². The summed E-state index contributed by atoms with van der Waals surface area (Å²) in [6, 6.07) is 5.50. The average Bonchev–Trinajstić information content (AvgIpc) is 3.11. The number of hydrogen-bond acceptors (Lipinski definition) is 5. The smallest absolute Gasteiger partial charge is 0.254 e. The van der Waals surface area contributed by atoms with Crippen LogP contribution in [0.15, 0.2) is 30.3 Å². The topological polar surface area (TPSA) is 85.1 Å². The van der Waals surface area contributed by atoms with Gasteiger partial charge in [-0.05, 0) is 42.7 Å². The standard InChI is InChI=1S/C23H24F3N3O4.ClH/c24-17-12-19(26)18(25)9-15(17)8-16(27)11-22(30)28-4-1-5-29(7-6-28)23(31)14-2-3-20-21(10-14)33-13-32-20;/h2-3,9-10,12,16H,1,4-8,11,13,27H2;1H/t16-;/m1./s1. The third kappa shape index (κ3) is 5.74. The molecule has 2 aromatic carbocycles. The van der Waals surface area contributed by atoms with Crippen LogP contribution in [0.5, 0.6) is 11.5 Å². The van der Waals surface area contributed by atoms with E-state index >= 15 is 0 Å². The summed E-state index contributed by atoms with van der Waals surface area (Å²) in [6.45, 7) is 1.76. The Bertz CT molecular complexity index is 1070. The summed E-state index contributed by atoms with van der Waals surface area (Å²) in [5.41, 5.74) is 6.39. The Labute approximate surface area is 201 Å². The zero-order valence-corrected chi connectivity index (χ0v) is 19.1. The van der Waals surface area contributed by atoms with E-state index in [9.17, 15) is 22.8 Å². The van der Waals surface area contributed by atoms with E-state index in [-0.39, 0.29) is 49.4 Å². The number of nitrogens with two attached hydrogens (primary N) is 1. The fourth-order valence-corrected chi connectivity index (χ4v) is 4.01. The lowest BCUT2D eigenvalue weighted by Gasteiger charge is -2.23. The number of carbonyl (C=O) groups excluding carboxylic acids is 2. The molecule has 34 heavy (non-hydrogen) atoms. The Balaban J connectivity index is 0.00000324. The number of hydrogen-bond donors (Lipinski definition) is 1. The fourth-order valence-electron chi connectivity index (χ4n) is 4.01. The van der Waals surface area contributed by atoms with Gasteiger partial charge in [0.05, 0.1) is 0 Å². The average molecular weight is 500 g/mol. The molecule has 2 aliphatic heterocycles. The number of fused-ring (bicyclic) bond motifs is 1. The van der Waals surface area contributed by atoms with Gasteiger partial charge in [0.1, 0.15) is 5.82 Å². The Kier molecular flexibility index (Phi) is 8.27. The van der Waals surface area contributed by atoms with Crippen LogP contribution < -0.4 is 15.2 Å². The highest BCUT2D eigenvalue weighted by Crippen LogP contribution is 2.32. The molecule has 0 bridgehead atoms. The molecule has 1 saturated heterocycles. The molecule has 0 radical (unpaired) electrons. The molecule has 7 nitrogen and oxygen atoms in total. The maximum Gasteiger partial charge on any atom is 0.254 e. The lowest BCUT2D eigenvalue weighted by molar-refractivity contribution is -0.131. The van der Waals surface area contributed by atoms with Crippen molar-refractivity contribution in [3.63, 3.8) is 0 Å². The highest BCUT2D eigenvalue weighted by molar-refractivity contribution is 5.95. The summed E-state index contributed by atoms with van der Waals surface area (Å²) in [4.78, 5) is 28.9. The normalized spacial score (nSPS) is 16.0. The summed E-state index contributed by atoms with van der Waals surface area (Å²) in [7, 11) is 0. The summed E-state index contributed by atoms with van der Waals surface area (Å²) < 4.78 is 50.9. The van der Waals surface area contributed by atoms with E-state index in [1.165, 1.54) is 0 Å². The molecule has 0 spiro atoms. The van der Waals surface area contributed by atoms with Crippen molar-refractivity contribution in [3.05, 3.63) is 58.9 Å². The second-order valence-electron chi connectivity index (χ2n) is 8.12. The highest BCUT2D eigenvalue weighted by atomic mass is 35.5. The number of ether oxygens (including phenoxy) is 2. The molecule has 2 N–H and O–H groups in total. The number of benzene rings is 2. The van der Waals surface area contributed by atoms with E-state index in [0.29, 0.717) is 55.7 Å². The highest BCUT2D eigenvalue weighted by Gasteiger charge is 2.25. The predicted molar refractivity (Wildman–Crippen MR) is 120 cm³/mol. The van der Waals surface area contributed by atoms with Crippen LogP contribution in [-0.2, 0) is 11.2 Å². The van der Waals surface area contributed by atoms with Gasteiger partial charge in [-0.1, -0.05) is 0 Å². The van der Waals surface area contributed by atoms with Crippen molar-refractivity contribution in [3.8, 4) is 11.5 Å². The van der Waals surface area contributed by atoms with Crippen molar-refractivity contribution in [2.45, 2.75) is 25.3 Å². The number of amides is 2. The van der Waals surface area contributed by atoms with Gasteiger partial charge in [-0.2, -0.15) is 0 Å². The number of nitrogens with zero attached hydrogens (tertiary/aromatic N) is 2. The SMILES string of the molecule is Cl.N[C@@H](CC(=O)N1CCCN(C(=O)c2ccc3c(c2)OCO3)CC1)Cc1cc(F)c(F)cc1F. The van der Waals surface area contributed by atoms with Gasteiger partial charge in [-0.3, -0.25) is 9.59 Å². The molecule has 2 amide bonds. The van der Waals surface area contributed by atoms with Crippen LogP contribution in [0.4, 0.5) is 13.2 Å². The Morgan fingerprint density at radius 2 is 1.59 bits per heavy atom. The molecule has 2 aromatic rings. The van der Waals surface area contributed by atoms with E-state index in [1.54, 1.807) is 28.0 Å². The molecule has 0 saturated carbocycles. The first kappa shape index (κ1) is 25.6.